The molecule has 194 valence electrons. The number of nitrogens with one attached hydrogen (secondary N) is 1. The fraction of sp³-hybridized carbons (Fsp3) is 0.440. The van der Waals surface area contributed by atoms with E-state index in [1.165, 1.54) is 22.8 Å². The van der Waals surface area contributed by atoms with Crippen molar-refractivity contribution in [2.75, 3.05) is 18.5 Å². The molecule has 1 N–H and O–H groups in total. The average molecular weight is 535 g/mol. The molecule has 0 aliphatic heterocycles. The van der Waals surface area contributed by atoms with E-state index in [1.54, 1.807) is 18.3 Å². The number of halogens is 1. The van der Waals surface area contributed by atoms with Gasteiger partial charge in [-0.05, 0) is 29.7 Å². The third-order valence-corrected chi connectivity index (χ3v) is 6.21. The van der Waals surface area contributed by atoms with E-state index < -0.39 is 11.9 Å². The molecule has 0 bridgehead atoms. The highest BCUT2D eigenvalue weighted by Crippen LogP contribution is 2.26. The van der Waals surface area contributed by atoms with Crippen molar-refractivity contribution in [3.63, 3.8) is 0 Å². The number of aromatic nitrogens is 3. The summed E-state index contributed by atoms with van der Waals surface area (Å²) in [6, 6.07) is 9.19. The molecule has 0 spiro atoms. The number of nitrogens with zero attached hydrogens (tertiary/aromatic N) is 3. The molecule has 0 aromatic carbocycles. The van der Waals surface area contributed by atoms with E-state index >= 15 is 0 Å². The lowest BCUT2D eigenvalue weighted by molar-refractivity contribution is -0.151. The first-order valence-corrected chi connectivity index (χ1v) is 12.8. The van der Waals surface area contributed by atoms with Gasteiger partial charge in [-0.1, -0.05) is 32.4 Å². The Kier molecular flexibility index (Phi) is 9.33. The smallest absolute Gasteiger partial charge is 0.307 e. The number of esters is 2. The summed E-state index contributed by atoms with van der Waals surface area (Å²) < 4.78 is 13.8. The van der Waals surface area contributed by atoms with Crippen LogP contribution in [0.2, 0.25) is 4.34 Å². The maximum atomic E-state index is 13.2. The van der Waals surface area contributed by atoms with Gasteiger partial charge in [-0.25, -0.2) is 4.68 Å². The second kappa shape index (κ2) is 12.2. The molecule has 11 heteroatoms. The first kappa shape index (κ1) is 27.5. The summed E-state index contributed by atoms with van der Waals surface area (Å²) >= 11 is 7.56. The normalized spacial score (nSPS) is 11.4. The highest BCUT2D eigenvalue weighted by Gasteiger charge is 2.19. The van der Waals surface area contributed by atoms with Crippen molar-refractivity contribution in [2.24, 2.45) is 5.41 Å². The number of pyridine rings is 1. The Bertz CT molecular complexity index is 1260. The molecular formula is C25H31ClN4O5S. The van der Waals surface area contributed by atoms with Crippen LogP contribution in [-0.4, -0.2) is 39.5 Å². The van der Waals surface area contributed by atoms with Gasteiger partial charge in [0, 0.05) is 37.2 Å². The minimum atomic E-state index is -0.478. The Morgan fingerprint density at radius 1 is 1.17 bits per heavy atom. The topological polar surface area (TPSA) is 104 Å². The van der Waals surface area contributed by atoms with Gasteiger partial charge < -0.3 is 19.4 Å². The van der Waals surface area contributed by atoms with Gasteiger partial charge in [0.25, 0.3) is 5.56 Å². The maximum Gasteiger partial charge on any atom is 0.307 e. The van der Waals surface area contributed by atoms with Crippen molar-refractivity contribution in [3.05, 3.63) is 56.1 Å². The van der Waals surface area contributed by atoms with Crippen molar-refractivity contribution < 1.29 is 19.1 Å². The van der Waals surface area contributed by atoms with Crippen molar-refractivity contribution in [3.8, 4) is 11.3 Å². The van der Waals surface area contributed by atoms with Crippen LogP contribution in [0.15, 0.2) is 41.3 Å². The van der Waals surface area contributed by atoms with Crippen LogP contribution < -0.4 is 10.9 Å². The van der Waals surface area contributed by atoms with Crippen LogP contribution in [-0.2, 0) is 38.7 Å². The minimum absolute atomic E-state index is 0.00359. The fourth-order valence-corrected chi connectivity index (χ4v) is 4.44. The van der Waals surface area contributed by atoms with Crippen LogP contribution in [0.25, 0.3) is 11.3 Å². The van der Waals surface area contributed by atoms with Crippen LogP contribution in [0.1, 0.15) is 39.0 Å². The molecule has 0 atom stereocenters. The number of hydrogen-bond donors (Lipinski definition) is 1. The molecule has 3 aromatic rings. The Morgan fingerprint density at radius 2 is 1.92 bits per heavy atom. The molecule has 9 nitrogen and oxygen atoms in total. The Morgan fingerprint density at radius 3 is 2.58 bits per heavy atom. The Hall–Kier alpha value is -3.11. The van der Waals surface area contributed by atoms with Crippen molar-refractivity contribution >= 4 is 40.7 Å². The number of carbonyl (C=O) groups excluding carboxylic acids is 2. The van der Waals surface area contributed by atoms with E-state index in [1.807, 2.05) is 22.9 Å². The van der Waals surface area contributed by atoms with Gasteiger partial charge in [0.05, 0.1) is 22.9 Å². The monoisotopic (exact) mass is 534 g/mol. The average Bonchev–Trinajstić information content (AvgIpc) is 3.38. The van der Waals surface area contributed by atoms with Crippen LogP contribution in [0, 0.1) is 5.41 Å². The van der Waals surface area contributed by atoms with Crippen LogP contribution in [0.5, 0.6) is 0 Å². The zero-order valence-corrected chi connectivity index (χ0v) is 22.4. The molecule has 0 aliphatic rings. The van der Waals surface area contributed by atoms with E-state index in [9.17, 15) is 14.4 Å². The lowest BCUT2D eigenvalue weighted by Gasteiger charge is -2.20. The molecule has 0 fully saturated rings. The summed E-state index contributed by atoms with van der Waals surface area (Å²) in [6.45, 7) is 9.04. The zero-order valence-electron chi connectivity index (χ0n) is 20.9. The highest BCUT2D eigenvalue weighted by atomic mass is 35.5. The number of ether oxygens (including phenoxy) is 2. The largest absolute Gasteiger partial charge is 0.462 e. The van der Waals surface area contributed by atoms with Gasteiger partial charge in [-0.3, -0.25) is 14.4 Å². The van der Waals surface area contributed by atoms with Gasteiger partial charge in [-0.2, -0.15) is 5.10 Å². The van der Waals surface area contributed by atoms with Gasteiger partial charge >= 0.3 is 11.9 Å². The molecule has 0 unspecified atom stereocenters. The fourth-order valence-electron chi connectivity index (χ4n) is 3.42. The first-order chi connectivity index (χ1) is 17.0. The number of anilines is 1. The molecule has 36 heavy (non-hydrogen) atoms. The molecule has 0 radical (unpaired) electrons. The number of carbonyl (C=O) groups is 2. The molecule has 0 saturated heterocycles. The van der Waals surface area contributed by atoms with Gasteiger partial charge in [-0.15, -0.1) is 11.3 Å². The molecule has 3 heterocycles. The quantitative estimate of drug-likeness (QED) is 0.283. The number of hydrogen-bond acceptors (Lipinski definition) is 8. The predicted molar refractivity (Wildman–Crippen MR) is 140 cm³/mol. The predicted octanol–water partition coefficient (Wildman–Crippen LogP) is 4.58. The molecule has 3 rings (SSSR count). The van der Waals surface area contributed by atoms with E-state index in [2.05, 4.69) is 26.1 Å². The van der Waals surface area contributed by atoms with E-state index in [-0.39, 0.29) is 37.2 Å². The minimum Gasteiger partial charge on any atom is -0.462 e. The first-order valence-electron chi connectivity index (χ1n) is 11.6. The van der Waals surface area contributed by atoms with Gasteiger partial charge in [0.2, 0.25) is 0 Å². The zero-order chi connectivity index (χ0) is 26.3. The number of rotatable bonds is 11. The molecule has 0 amide bonds. The number of thiophene rings is 1. The summed E-state index contributed by atoms with van der Waals surface area (Å²) in [5, 5.41) is 8.14. The van der Waals surface area contributed by atoms with Gasteiger partial charge in [0.1, 0.15) is 24.7 Å². The molecule has 3 aromatic heterocycles. The van der Waals surface area contributed by atoms with Gasteiger partial charge in [0.15, 0.2) is 0 Å². The van der Waals surface area contributed by atoms with E-state index in [4.69, 9.17) is 26.2 Å². The second-order valence-corrected chi connectivity index (χ2v) is 11.2. The maximum absolute atomic E-state index is 13.2. The lowest BCUT2D eigenvalue weighted by atomic mass is 9.97. The van der Waals surface area contributed by atoms with Crippen molar-refractivity contribution in [1.82, 2.24) is 14.3 Å². The van der Waals surface area contributed by atoms with E-state index in [0.717, 1.165) is 15.0 Å². The van der Waals surface area contributed by atoms with Crippen molar-refractivity contribution in [1.29, 1.82) is 0 Å². The standard InChI is InChI=1S/C25H31ClN4O5S/c1-17(31)34-12-13-35-23(32)9-11-29-10-5-6-19(24(29)33)20-14-22(30(28-20)16-25(2,3)4)27-15-18-7-8-21(26)36-18/h5-8,10,14,27H,9,11-13,15-16H2,1-4H3. The van der Waals surface area contributed by atoms with Crippen LogP contribution in [0.4, 0.5) is 5.82 Å². The third-order valence-electron chi connectivity index (χ3n) is 4.98. The summed E-state index contributed by atoms with van der Waals surface area (Å²) in [5.74, 6) is -0.113. The summed E-state index contributed by atoms with van der Waals surface area (Å²) in [4.78, 5) is 37.0. The summed E-state index contributed by atoms with van der Waals surface area (Å²) in [6.07, 6.45) is 1.64. The molecule has 0 saturated carbocycles. The SMILES string of the molecule is CC(=O)OCCOC(=O)CCn1cccc(-c2cc(NCc3ccc(Cl)s3)n(CC(C)(C)C)n2)c1=O. The lowest BCUT2D eigenvalue weighted by Crippen LogP contribution is -2.23. The summed E-state index contributed by atoms with van der Waals surface area (Å²) in [5.41, 5.74) is 0.714. The van der Waals surface area contributed by atoms with E-state index in [0.29, 0.717) is 24.3 Å². The molecular weight excluding hydrogens is 504 g/mol. The van der Waals surface area contributed by atoms with Crippen LogP contribution in [0.3, 0.4) is 0 Å². The Labute approximate surface area is 219 Å². The van der Waals surface area contributed by atoms with Crippen molar-refractivity contribution in [2.45, 2.75) is 53.8 Å². The molecule has 0 aliphatic carbocycles. The van der Waals surface area contributed by atoms with Crippen LogP contribution >= 0.6 is 22.9 Å². The second-order valence-electron chi connectivity index (χ2n) is 9.42. The highest BCUT2D eigenvalue weighted by molar-refractivity contribution is 7.16. The number of aryl methyl sites for hydroxylation is 1. The Balaban J connectivity index is 1.74. The summed E-state index contributed by atoms with van der Waals surface area (Å²) in [7, 11) is 0. The third kappa shape index (κ3) is 8.23.